The Morgan fingerprint density at radius 3 is 2.57 bits per heavy atom. The largest absolute Gasteiger partial charge is 0.481 e. The lowest BCUT2D eigenvalue weighted by Gasteiger charge is -2.31. The molecule has 3 atom stereocenters. The Hall–Kier alpha value is -2.26. The lowest BCUT2D eigenvalue weighted by molar-refractivity contribution is -0.139. The highest BCUT2D eigenvalue weighted by Gasteiger charge is 2.28. The van der Waals surface area contributed by atoms with Crippen LogP contribution in [0, 0.1) is 5.92 Å². The van der Waals surface area contributed by atoms with Crippen molar-refractivity contribution in [1.82, 2.24) is 14.9 Å². The van der Waals surface area contributed by atoms with Crippen molar-refractivity contribution in [2.24, 2.45) is 5.92 Å². The third-order valence-electron chi connectivity index (χ3n) is 7.85. The highest BCUT2D eigenvalue weighted by Crippen LogP contribution is 2.31. The van der Waals surface area contributed by atoms with Crippen molar-refractivity contribution >= 4 is 28.3 Å². The van der Waals surface area contributed by atoms with Gasteiger partial charge in [-0.25, -0.2) is 4.98 Å². The topological polar surface area (TPSA) is 108 Å². The maximum atomic E-state index is 11.3. The summed E-state index contributed by atoms with van der Waals surface area (Å²) in [6.07, 6.45) is 6.73. The van der Waals surface area contributed by atoms with E-state index >= 15 is 0 Å². The minimum absolute atomic E-state index is 0.345. The molecule has 2 aromatic heterocycles. The first-order valence-corrected chi connectivity index (χ1v) is 14.6. The van der Waals surface area contributed by atoms with Crippen LogP contribution in [-0.4, -0.2) is 43.0 Å². The molecule has 1 aliphatic carbocycles. The van der Waals surface area contributed by atoms with E-state index in [2.05, 4.69) is 41.2 Å². The summed E-state index contributed by atoms with van der Waals surface area (Å²) in [6.45, 7) is 4.40. The standard InChI is InChI=1S/C29H41N3O4S/c1-3-21(4-2)32-25-13-12-20(16-23(25)30-27(32)17-22-11-8-14-37-22)29(36)31-24(26(33)18-28(34)35)15-19-9-6-5-7-10-19/h8,11-14,16,19,21,24,26,29,31,33,36H,3-7,9-10,15,17-18H2,1-2H3,(H,34,35). The van der Waals surface area contributed by atoms with Gasteiger partial charge >= 0.3 is 5.97 Å². The third-order valence-corrected chi connectivity index (χ3v) is 8.73. The SMILES string of the molecule is CCC(CC)n1c(Cc2cccs2)nc2cc(C(O)NC(CC3CCCCC3)C(O)CC(=O)O)ccc21. The molecule has 3 unspecified atom stereocenters. The molecular formula is C29H41N3O4S. The summed E-state index contributed by atoms with van der Waals surface area (Å²) in [4.78, 5) is 17.6. The van der Waals surface area contributed by atoms with Crippen LogP contribution in [0.3, 0.4) is 0 Å². The number of fused-ring (bicyclic) bond motifs is 1. The smallest absolute Gasteiger partial charge is 0.306 e. The fraction of sp³-hybridized carbons (Fsp3) is 0.586. The van der Waals surface area contributed by atoms with Gasteiger partial charge in [0.05, 0.1) is 23.6 Å². The summed E-state index contributed by atoms with van der Waals surface area (Å²) in [7, 11) is 0. The molecule has 1 aromatic carbocycles. The van der Waals surface area contributed by atoms with E-state index in [-0.39, 0.29) is 6.42 Å². The molecule has 1 saturated carbocycles. The van der Waals surface area contributed by atoms with E-state index in [9.17, 15) is 20.1 Å². The molecule has 37 heavy (non-hydrogen) atoms. The van der Waals surface area contributed by atoms with E-state index < -0.39 is 24.3 Å². The quantitative estimate of drug-likeness (QED) is 0.209. The molecule has 0 spiro atoms. The van der Waals surface area contributed by atoms with Gasteiger partial charge in [-0.3, -0.25) is 10.1 Å². The van der Waals surface area contributed by atoms with Crippen molar-refractivity contribution in [3.05, 3.63) is 52.0 Å². The second kappa shape index (κ2) is 13.0. The maximum Gasteiger partial charge on any atom is 0.306 e. The predicted molar refractivity (Wildman–Crippen MR) is 148 cm³/mol. The number of aromatic nitrogens is 2. The number of nitrogens with zero attached hydrogens (tertiary/aromatic N) is 2. The van der Waals surface area contributed by atoms with Crippen LogP contribution in [0.1, 0.15) is 100 Å². The number of thiophene rings is 1. The molecule has 4 N–H and O–H groups in total. The van der Waals surface area contributed by atoms with Gasteiger partial charge in [0.25, 0.3) is 0 Å². The Labute approximate surface area is 223 Å². The normalized spacial score (nSPS) is 17.3. The fourth-order valence-electron chi connectivity index (χ4n) is 5.83. The molecule has 7 nitrogen and oxygen atoms in total. The van der Waals surface area contributed by atoms with Crippen molar-refractivity contribution in [2.45, 2.75) is 102 Å². The zero-order valence-electron chi connectivity index (χ0n) is 22.0. The minimum atomic E-state index is -1.07. The van der Waals surface area contributed by atoms with E-state index in [1.807, 2.05) is 18.2 Å². The maximum absolute atomic E-state index is 11.3. The van der Waals surface area contributed by atoms with Gasteiger partial charge in [-0.2, -0.15) is 0 Å². The lowest BCUT2D eigenvalue weighted by Crippen LogP contribution is -2.44. The highest BCUT2D eigenvalue weighted by atomic mass is 32.1. The number of aliphatic hydroxyl groups excluding tert-OH is 2. The molecule has 0 radical (unpaired) electrons. The van der Waals surface area contributed by atoms with Gasteiger partial charge in [-0.1, -0.05) is 58.1 Å². The molecule has 202 valence electrons. The average Bonchev–Trinajstić information content (AvgIpc) is 3.52. The Kier molecular flexibility index (Phi) is 9.76. The van der Waals surface area contributed by atoms with Crippen LogP contribution in [0.15, 0.2) is 35.7 Å². The number of aliphatic hydroxyl groups is 2. The van der Waals surface area contributed by atoms with Crippen LogP contribution in [0.4, 0.5) is 0 Å². The molecular weight excluding hydrogens is 486 g/mol. The van der Waals surface area contributed by atoms with Crippen LogP contribution >= 0.6 is 11.3 Å². The summed E-state index contributed by atoms with van der Waals surface area (Å²) < 4.78 is 2.35. The van der Waals surface area contributed by atoms with Crippen molar-refractivity contribution in [1.29, 1.82) is 0 Å². The number of benzene rings is 1. The second-order valence-electron chi connectivity index (χ2n) is 10.5. The second-order valence-corrected chi connectivity index (χ2v) is 11.5. The first-order chi connectivity index (χ1) is 17.9. The Morgan fingerprint density at radius 2 is 1.92 bits per heavy atom. The number of nitrogens with one attached hydrogen (secondary N) is 1. The Balaban J connectivity index is 1.59. The number of carboxylic acids is 1. The van der Waals surface area contributed by atoms with Crippen LogP contribution in [-0.2, 0) is 11.2 Å². The number of hydrogen-bond donors (Lipinski definition) is 4. The number of hydrogen-bond acceptors (Lipinski definition) is 6. The molecule has 0 bridgehead atoms. The van der Waals surface area contributed by atoms with Crippen molar-refractivity contribution < 1.29 is 20.1 Å². The summed E-state index contributed by atoms with van der Waals surface area (Å²) in [5, 5.41) is 36.3. The van der Waals surface area contributed by atoms with Gasteiger partial charge in [0.1, 0.15) is 12.1 Å². The van der Waals surface area contributed by atoms with Crippen molar-refractivity contribution in [2.75, 3.05) is 0 Å². The van der Waals surface area contributed by atoms with Gasteiger partial charge in [0, 0.05) is 23.4 Å². The van der Waals surface area contributed by atoms with E-state index in [1.54, 1.807) is 11.3 Å². The number of carboxylic acid groups (broad SMARTS) is 1. The van der Waals surface area contributed by atoms with Crippen LogP contribution < -0.4 is 5.32 Å². The number of rotatable bonds is 13. The number of aliphatic carboxylic acids is 1. The minimum Gasteiger partial charge on any atom is -0.481 e. The molecule has 0 aliphatic heterocycles. The Morgan fingerprint density at radius 1 is 1.16 bits per heavy atom. The molecule has 0 amide bonds. The van der Waals surface area contributed by atoms with Crippen LogP contribution in [0.25, 0.3) is 11.0 Å². The number of carbonyl (C=O) groups is 1. The summed E-state index contributed by atoms with van der Waals surface area (Å²) in [5.74, 6) is 0.418. The van der Waals surface area contributed by atoms with Gasteiger partial charge in [0.2, 0.25) is 0 Å². The number of imidazole rings is 1. The van der Waals surface area contributed by atoms with Crippen molar-refractivity contribution in [3.63, 3.8) is 0 Å². The average molecular weight is 528 g/mol. The van der Waals surface area contributed by atoms with Crippen molar-refractivity contribution in [3.8, 4) is 0 Å². The van der Waals surface area contributed by atoms with E-state index in [4.69, 9.17) is 4.98 Å². The van der Waals surface area contributed by atoms with E-state index in [0.717, 1.165) is 49.0 Å². The van der Waals surface area contributed by atoms with Gasteiger partial charge in [-0.15, -0.1) is 11.3 Å². The first kappa shape index (κ1) is 27.8. The molecule has 1 fully saturated rings. The monoisotopic (exact) mass is 527 g/mol. The van der Waals surface area contributed by atoms with Gasteiger partial charge in [-0.05, 0) is 54.3 Å². The fourth-order valence-corrected chi connectivity index (χ4v) is 6.53. The summed E-state index contributed by atoms with van der Waals surface area (Å²) in [6, 6.07) is 9.91. The summed E-state index contributed by atoms with van der Waals surface area (Å²) >= 11 is 1.73. The zero-order valence-corrected chi connectivity index (χ0v) is 22.8. The third kappa shape index (κ3) is 6.99. The predicted octanol–water partition coefficient (Wildman–Crippen LogP) is 5.80. The molecule has 3 aromatic rings. The Bertz CT molecular complexity index is 1140. The zero-order chi connectivity index (χ0) is 26.4. The van der Waals surface area contributed by atoms with Gasteiger partial charge < -0.3 is 19.9 Å². The molecule has 1 aliphatic rings. The molecule has 0 saturated heterocycles. The van der Waals surface area contributed by atoms with Crippen LogP contribution in [0.5, 0.6) is 0 Å². The van der Waals surface area contributed by atoms with Gasteiger partial charge in [0.15, 0.2) is 0 Å². The molecule has 4 rings (SSSR count). The first-order valence-electron chi connectivity index (χ1n) is 13.8. The molecule has 2 heterocycles. The highest BCUT2D eigenvalue weighted by molar-refractivity contribution is 7.09. The summed E-state index contributed by atoms with van der Waals surface area (Å²) in [5.41, 5.74) is 2.56. The van der Waals surface area contributed by atoms with Crippen LogP contribution in [0.2, 0.25) is 0 Å². The van der Waals surface area contributed by atoms with E-state index in [0.29, 0.717) is 23.9 Å². The molecule has 8 heteroatoms. The lowest BCUT2D eigenvalue weighted by atomic mass is 9.83. The van der Waals surface area contributed by atoms with E-state index in [1.165, 1.54) is 24.1 Å².